The van der Waals surface area contributed by atoms with Crippen LogP contribution in [0.25, 0.3) is 0 Å². The molecule has 4 rings (SSSR count). The van der Waals surface area contributed by atoms with E-state index in [0.717, 1.165) is 64.0 Å². The Kier molecular flexibility index (Phi) is 7.37. The van der Waals surface area contributed by atoms with Gasteiger partial charge in [0.2, 0.25) is 0 Å². The number of likely N-dealkylation sites (tertiary alicyclic amines) is 2. The van der Waals surface area contributed by atoms with Crippen LogP contribution in [-0.4, -0.2) is 97.0 Å². The molecule has 0 aromatic carbocycles. The maximum absolute atomic E-state index is 9.48. The van der Waals surface area contributed by atoms with Crippen LogP contribution in [0.2, 0.25) is 0 Å². The average Bonchev–Trinajstić information content (AvgIpc) is 2.62. The van der Waals surface area contributed by atoms with Gasteiger partial charge in [0.1, 0.15) is 5.60 Å². The van der Waals surface area contributed by atoms with Gasteiger partial charge in [0.15, 0.2) is 0 Å². The average molecular weight is 368 g/mol. The molecule has 0 aromatic rings. The summed E-state index contributed by atoms with van der Waals surface area (Å²) in [7, 11) is 0. The van der Waals surface area contributed by atoms with Crippen molar-refractivity contribution in [1.82, 2.24) is 14.7 Å². The maximum Gasteiger partial charge on any atom is 0.106 e. The smallest absolute Gasteiger partial charge is 0.106 e. The Morgan fingerprint density at radius 3 is 2.12 bits per heavy atom. The van der Waals surface area contributed by atoms with E-state index in [2.05, 4.69) is 21.6 Å². The van der Waals surface area contributed by atoms with E-state index in [1.165, 1.54) is 39.0 Å². The number of nitrogens with zero attached hydrogens (tertiary/aromatic N) is 3. The molecule has 0 atom stereocenters. The van der Waals surface area contributed by atoms with Gasteiger partial charge in [-0.1, -0.05) is 20.8 Å². The molecule has 1 saturated carbocycles. The van der Waals surface area contributed by atoms with Gasteiger partial charge in [-0.2, -0.15) is 0 Å². The molecule has 1 aliphatic carbocycles. The first-order valence-electron chi connectivity index (χ1n) is 11.1. The van der Waals surface area contributed by atoms with Gasteiger partial charge in [0.25, 0.3) is 0 Å². The minimum atomic E-state index is -0.0247. The van der Waals surface area contributed by atoms with Gasteiger partial charge in [-0.05, 0) is 57.2 Å². The number of aliphatic hydroxyl groups is 1. The Balaban J connectivity index is 0.000000948. The monoisotopic (exact) mass is 367 g/mol. The largest absolute Gasteiger partial charge is 0.393 e. The summed E-state index contributed by atoms with van der Waals surface area (Å²) in [6, 6.07) is 0. The summed E-state index contributed by atoms with van der Waals surface area (Å²) in [5.74, 6) is 1.61. The van der Waals surface area contributed by atoms with E-state index in [0.29, 0.717) is 0 Å². The van der Waals surface area contributed by atoms with Crippen molar-refractivity contribution in [2.75, 3.05) is 65.5 Å². The van der Waals surface area contributed by atoms with Crippen LogP contribution >= 0.6 is 0 Å². The minimum Gasteiger partial charge on any atom is -0.393 e. The van der Waals surface area contributed by atoms with Crippen LogP contribution in [0.1, 0.15) is 46.5 Å². The first-order chi connectivity index (χ1) is 12.6. The molecule has 0 unspecified atom stereocenters. The van der Waals surface area contributed by atoms with E-state index in [4.69, 9.17) is 4.74 Å². The van der Waals surface area contributed by atoms with E-state index in [1.807, 2.05) is 13.8 Å². The number of morpholine rings is 1. The number of rotatable bonds is 5. The zero-order valence-corrected chi connectivity index (χ0v) is 17.3. The SMILES string of the molecule is CC.CCN1CCC(CN2CC3(CN(CC4CC(O)C4)CCO3)C2)CC1. The molecule has 1 N–H and O–H groups in total. The number of piperidine rings is 1. The fourth-order valence-electron chi connectivity index (χ4n) is 5.23. The zero-order chi connectivity index (χ0) is 18.6. The molecular weight excluding hydrogens is 326 g/mol. The molecule has 5 heteroatoms. The van der Waals surface area contributed by atoms with E-state index in [9.17, 15) is 5.11 Å². The van der Waals surface area contributed by atoms with Gasteiger partial charge in [0.05, 0.1) is 12.7 Å². The molecule has 26 heavy (non-hydrogen) atoms. The minimum absolute atomic E-state index is 0.0247. The topological polar surface area (TPSA) is 39.2 Å². The Morgan fingerprint density at radius 2 is 1.50 bits per heavy atom. The number of hydrogen-bond acceptors (Lipinski definition) is 5. The first kappa shape index (κ1) is 20.5. The number of hydrogen-bond donors (Lipinski definition) is 1. The fraction of sp³-hybridized carbons (Fsp3) is 1.00. The standard InChI is InChI=1S/C19H35N3O2.C2H6/c1-2-20-5-3-16(4-6-20)11-22-14-19(15-22)13-21(7-8-24-19)12-17-9-18(23)10-17;1-2/h16-18,23H,2-15H2,1H3;1-2H3. The van der Waals surface area contributed by atoms with Crippen molar-refractivity contribution in [3.05, 3.63) is 0 Å². The summed E-state index contributed by atoms with van der Waals surface area (Å²) >= 11 is 0. The van der Waals surface area contributed by atoms with Crippen LogP contribution in [0.5, 0.6) is 0 Å². The lowest BCUT2D eigenvalue weighted by atomic mass is 9.81. The molecule has 152 valence electrons. The van der Waals surface area contributed by atoms with E-state index in [1.54, 1.807) is 0 Å². The Hall–Kier alpha value is -0.200. The van der Waals surface area contributed by atoms with Crippen molar-refractivity contribution in [2.24, 2.45) is 11.8 Å². The summed E-state index contributed by atoms with van der Waals surface area (Å²) in [5, 5.41) is 9.48. The first-order valence-corrected chi connectivity index (χ1v) is 11.1. The molecule has 0 amide bonds. The summed E-state index contributed by atoms with van der Waals surface area (Å²) in [6.07, 6.45) is 4.73. The molecule has 3 heterocycles. The van der Waals surface area contributed by atoms with E-state index >= 15 is 0 Å². The van der Waals surface area contributed by atoms with Crippen LogP contribution < -0.4 is 0 Å². The lowest BCUT2D eigenvalue weighted by Crippen LogP contribution is -2.70. The van der Waals surface area contributed by atoms with Crippen molar-refractivity contribution >= 4 is 0 Å². The molecule has 0 aromatic heterocycles. The fourth-order valence-corrected chi connectivity index (χ4v) is 5.23. The second-order valence-corrected chi connectivity index (χ2v) is 8.81. The third-order valence-electron chi connectivity index (χ3n) is 6.75. The van der Waals surface area contributed by atoms with Gasteiger partial charge in [-0.3, -0.25) is 9.80 Å². The van der Waals surface area contributed by atoms with Crippen LogP contribution in [-0.2, 0) is 4.74 Å². The Labute approximate surface area is 160 Å². The van der Waals surface area contributed by atoms with Crippen LogP contribution in [0, 0.1) is 11.8 Å². The highest BCUT2D eigenvalue weighted by atomic mass is 16.5. The Bertz CT molecular complexity index is 413. The zero-order valence-electron chi connectivity index (χ0n) is 17.3. The second-order valence-electron chi connectivity index (χ2n) is 8.81. The second kappa shape index (κ2) is 9.33. The van der Waals surface area contributed by atoms with Gasteiger partial charge in [-0.25, -0.2) is 0 Å². The quantitative estimate of drug-likeness (QED) is 0.804. The molecule has 4 fully saturated rings. The molecule has 4 aliphatic rings. The summed E-state index contributed by atoms with van der Waals surface area (Å²) in [5.41, 5.74) is 0.116. The van der Waals surface area contributed by atoms with Crippen molar-refractivity contribution in [3.63, 3.8) is 0 Å². The third-order valence-corrected chi connectivity index (χ3v) is 6.75. The van der Waals surface area contributed by atoms with Gasteiger partial charge in [0, 0.05) is 39.3 Å². The molecular formula is C21H41N3O2. The van der Waals surface area contributed by atoms with Crippen molar-refractivity contribution in [1.29, 1.82) is 0 Å². The van der Waals surface area contributed by atoms with Gasteiger partial charge < -0.3 is 14.7 Å². The lowest BCUT2D eigenvalue weighted by Gasteiger charge is -2.55. The van der Waals surface area contributed by atoms with Crippen LogP contribution in [0.4, 0.5) is 0 Å². The van der Waals surface area contributed by atoms with Gasteiger partial charge >= 0.3 is 0 Å². The highest BCUT2D eigenvalue weighted by Crippen LogP contribution is 2.33. The predicted octanol–water partition coefficient (Wildman–Crippen LogP) is 1.90. The van der Waals surface area contributed by atoms with Crippen molar-refractivity contribution in [2.45, 2.75) is 58.2 Å². The number of aliphatic hydroxyl groups excluding tert-OH is 1. The van der Waals surface area contributed by atoms with E-state index in [-0.39, 0.29) is 11.7 Å². The predicted molar refractivity (Wildman–Crippen MR) is 106 cm³/mol. The molecule has 1 spiro atoms. The maximum atomic E-state index is 9.48. The number of ether oxygens (including phenoxy) is 1. The normalized spacial score (nSPS) is 33.2. The molecule has 0 bridgehead atoms. The summed E-state index contributed by atoms with van der Waals surface area (Å²) in [6.45, 7) is 17.8. The molecule has 3 saturated heterocycles. The lowest BCUT2D eigenvalue weighted by molar-refractivity contribution is -0.189. The molecule has 5 nitrogen and oxygen atoms in total. The highest BCUT2D eigenvalue weighted by Gasteiger charge is 2.48. The van der Waals surface area contributed by atoms with Crippen molar-refractivity contribution < 1.29 is 9.84 Å². The van der Waals surface area contributed by atoms with Crippen molar-refractivity contribution in [3.8, 4) is 0 Å². The highest BCUT2D eigenvalue weighted by molar-refractivity contribution is 5.02. The Morgan fingerprint density at radius 1 is 0.885 bits per heavy atom. The molecule has 3 aliphatic heterocycles. The van der Waals surface area contributed by atoms with E-state index < -0.39 is 0 Å². The van der Waals surface area contributed by atoms with Gasteiger partial charge in [-0.15, -0.1) is 0 Å². The summed E-state index contributed by atoms with van der Waals surface area (Å²) < 4.78 is 6.20. The molecule has 0 radical (unpaired) electrons. The third kappa shape index (κ3) is 4.99. The van der Waals surface area contributed by atoms with Crippen LogP contribution in [0.3, 0.4) is 0 Å². The summed E-state index contributed by atoms with van der Waals surface area (Å²) in [4.78, 5) is 7.80. The van der Waals surface area contributed by atoms with Crippen LogP contribution in [0.15, 0.2) is 0 Å².